The molecule has 6 heteroatoms. The van der Waals surface area contributed by atoms with Gasteiger partial charge in [-0.05, 0) is 17.4 Å². The van der Waals surface area contributed by atoms with Gasteiger partial charge in [0.2, 0.25) is 5.82 Å². The van der Waals surface area contributed by atoms with Crippen LogP contribution >= 0.6 is 0 Å². The number of aromatic nitrogens is 6. The van der Waals surface area contributed by atoms with Crippen LogP contribution in [-0.4, -0.2) is 30.2 Å². The van der Waals surface area contributed by atoms with Crippen LogP contribution in [0.25, 0.3) is 17.6 Å². The Morgan fingerprint density at radius 3 is 3.00 bits per heavy atom. The molecule has 0 fully saturated rings. The fourth-order valence-corrected chi connectivity index (χ4v) is 0.983. The van der Waals surface area contributed by atoms with Crippen molar-refractivity contribution in [3.63, 3.8) is 0 Å². The first-order valence-corrected chi connectivity index (χ1v) is 3.99. The normalized spacial score (nSPS) is 10.1. The number of hydrogen-bond acceptors (Lipinski definition) is 5. The van der Waals surface area contributed by atoms with Crippen molar-refractivity contribution in [2.24, 2.45) is 7.05 Å². The molecular formula is C8H8N6. The number of aryl methyl sites for hydroxylation is 1. The summed E-state index contributed by atoms with van der Waals surface area (Å²) in [7, 11) is 1.70. The van der Waals surface area contributed by atoms with E-state index in [4.69, 9.17) is 0 Å². The molecule has 0 spiro atoms. The molecule has 2 aromatic heterocycles. The third-order valence-electron chi connectivity index (χ3n) is 1.59. The van der Waals surface area contributed by atoms with Gasteiger partial charge in [-0.15, -0.1) is 10.2 Å². The first-order chi connectivity index (χ1) is 6.79. The second-order valence-corrected chi connectivity index (χ2v) is 2.61. The molecule has 0 saturated heterocycles. The molecule has 0 radical (unpaired) electrons. The van der Waals surface area contributed by atoms with E-state index in [1.165, 1.54) is 4.80 Å². The second-order valence-electron chi connectivity index (χ2n) is 2.61. The van der Waals surface area contributed by atoms with Crippen molar-refractivity contribution in [2.75, 3.05) is 0 Å². The summed E-state index contributed by atoms with van der Waals surface area (Å²) in [6.45, 7) is 3.58. The maximum Gasteiger partial charge on any atom is 0.223 e. The van der Waals surface area contributed by atoms with Gasteiger partial charge in [0.15, 0.2) is 5.82 Å². The smallest absolute Gasteiger partial charge is 0.223 e. The van der Waals surface area contributed by atoms with Gasteiger partial charge >= 0.3 is 0 Å². The van der Waals surface area contributed by atoms with Crippen molar-refractivity contribution >= 4 is 6.08 Å². The summed E-state index contributed by atoms with van der Waals surface area (Å²) in [6, 6.07) is 1.73. The van der Waals surface area contributed by atoms with E-state index in [1.54, 1.807) is 25.4 Å². The van der Waals surface area contributed by atoms with Crippen LogP contribution in [0.3, 0.4) is 0 Å². The molecule has 0 aromatic carbocycles. The topological polar surface area (TPSA) is 69.4 Å². The molecule has 6 nitrogen and oxygen atoms in total. The van der Waals surface area contributed by atoms with Gasteiger partial charge in [0.1, 0.15) is 5.69 Å². The van der Waals surface area contributed by atoms with Crippen LogP contribution in [0.15, 0.2) is 18.8 Å². The summed E-state index contributed by atoms with van der Waals surface area (Å²) >= 11 is 0. The standard InChI is InChI=1S/C8H8N6/c1-3-7-9-5-4-6(10-7)8-11-13-14(2)12-8/h3-5H,1H2,2H3. The largest absolute Gasteiger partial charge is 0.237 e. The second kappa shape index (κ2) is 3.33. The monoisotopic (exact) mass is 188 g/mol. The molecule has 0 aliphatic rings. The third kappa shape index (κ3) is 1.49. The Labute approximate surface area is 80.3 Å². The SMILES string of the molecule is C=Cc1nccc(-c2nnn(C)n2)n1. The van der Waals surface area contributed by atoms with Crippen LogP contribution in [0.1, 0.15) is 5.82 Å². The molecule has 14 heavy (non-hydrogen) atoms. The number of hydrogen-bond donors (Lipinski definition) is 0. The first kappa shape index (κ1) is 8.49. The summed E-state index contributed by atoms with van der Waals surface area (Å²) in [5.41, 5.74) is 0.642. The van der Waals surface area contributed by atoms with Crippen molar-refractivity contribution in [3.05, 3.63) is 24.7 Å². The van der Waals surface area contributed by atoms with Gasteiger partial charge in [-0.25, -0.2) is 9.97 Å². The van der Waals surface area contributed by atoms with Crippen LogP contribution in [0, 0.1) is 0 Å². The molecule has 0 unspecified atom stereocenters. The average Bonchev–Trinajstić information content (AvgIpc) is 2.65. The fourth-order valence-electron chi connectivity index (χ4n) is 0.983. The van der Waals surface area contributed by atoms with Crippen molar-refractivity contribution in [3.8, 4) is 11.5 Å². The molecule has 2 aromatic rings. The van der Waals surface area contributed by atoms with Crippen LogP contribution in [0.2, 0.25) is 0 Å². The Balaban J connectivity index is 2.46. The summed E-state index contributed by atoms with van der Waals surface area (Å²) in [6.07, 6.45) is 3.20. The minimum Gasteiger partial charge on any atom is -0.237 e. The highest BCUT2D eigenvalue weighted by Gasteiger charge is 2.05. The first-order valence-electron chi connectivity index (χ1n) is 3.99. The Morgan fingerprint density at radius 1 is 1.50 bits per heavy atom. The fraction of sp³-hybridized carbons (Fsp3) is 0.125. The van der Waals surface area contributed by atoms with E-state index in [9.17, 15) is 0 Å². The van der Waals surface area contributed by atoms with Crippen LogP contribution < -0.4 is 0 Å². The lowest BCUT2D eigenvalue weighted by Crippen LogP contribution is -1.93. The molecule has 0 amide bonds. The maximum absolute atomic E-state index is 4.17. The molecule has 0 saturated carbocycles. The van der Waals surface area contributed by atoms with Gasteiger partial charge in [-0.3, -0.25) is 0 Å². The molecule has 0 aliphatic heterocycles. The van der Waals surface area contributed by atoms with E-state index in [1.807, 2.05) is 0 Å². The molecule has 2 rings (SSSR count). The molecule has 0 atom stereocenters. The average molecular weight is 188 g/mol. The van der Waals surface area contributed by atoms with E-state index in [-0.39, 0.29) is 0 Å². The Bertz CT molecular complexity index is 460. The zero-order valence-corrected chi connectivity index (χ0v) is 7.62. The van der Waals surface area contributed by atoms with Gasteiger partial charge in [0.25, 0.3) is 0 Å². The lowest BCUT2D eigenvalue weighted by atomic mass is 10.4. The van der Waals surface area contributed by atoms with E-state index in [0.29, 0.717) is 17.3 Å². The molecule has 2 heterocycles. The minimum absolute atomic E-state index is 0.484. The highest BCUT2D eigenvalue weighted by atomic mass is 15.6. The zero-order chi connectivity index (χ0) is 9.97. The van der Waals surface area contributed by atoms with Crippen molar-refractivity contribution in [1.82, 2.24) is 30.2 Å². The molecule has 70 valence electrons. The van der Waals surface area contributed by atoms with Gasteiger partial charge in [-0.1, -0.05) is 6.58 Å². The summed E-state index contributed by atoms with van der Waals surface area (Å²) < 4.78 is 0. The van der Waals surface area contributed by atoms with Gasteiger partial charge in [0.05, 0.1) is 7.05 Å². The van der Waals surface area contributed by atoms with Gasteiger partial charge < -0.3 is 0 Å². The molecule has 0 bridgehead atoms. The van der Waals surface area contributed by atoms with E-state index < -0.39 is 0 Å². The predicted molar refractivity (Wildman–Crippen MR) is 49.9 cm³/mol. The van der Waals surface area contributed by atoms with Crippen LogP contribution in [0.4, 0.5) is 0 Å². The van der Waals surface area contributed by atoms with Crippen molar-refractivity contribution in [1.29, 1.82) is 0 Å². The third-order valence-corrected chi connectivity index (χ3v) is 1.59. The Kier molecular flexibility index (Phi) is 2.02. The van der Waals surface area contributed by atoms with E-state index in [0.717, 1.165) is 0 Å². The Morgan fingerprint density at radius 2 is 2.36 bits per heavy atom. The van der Waals surface area contributed by atoms with Crippen molar-refractivity contribution in [2.45, 2.75) is 0 Å². The summed E-state index contributed by atoms with van der Waals surface area (Å²) in [5, 5.41) is 11.6. The number of tetrazole rings is 1. The minimum atomic E-state index is 0.484. The Hall–Kier alpha value is -2.11. The lowest BCUT2D eigenvalue weighted by molar-refractivity contribution is 0.630. The van der Waals surface area contributed by atoms with E-state index >= 15 is 0 Å². The van der Waals surface area contributed by atoms with Crippen LogP contribution in [0.5, 0.6) is 0 Å². The van der Waals surface area contributed by atoms with Crippen molar-refractivity contribution < 1.29 is 0 Å². The predicted octanol–water partition coefficient (Wildman–Crippen LogP) is 0.310. The number of nitrogens with zero attached hydrogens (tertiary/aromatic N) is 6. The summed E-state index contributed by atoms with van der Waals surface area (Å²) in [5.74, 6) is 1.04. The molecular weight excluding hydrogens is 180 g/mol. The summed E-state index contributed by atoms with van der Waals surface area (Å²) in [4.78, 5) is 9.53. The highest BCUT2D eigenvalue weighted by Crippen LogP contribution is 2.08. The van der Waals surface area contributed by atoms with Gasteiger partial charge in [-0.2, -0.15) is 4.80 Å². The quantitative estimate of drug-likeness (QED) is 0.678. The lowest BCUT2D eigenvalue weighted by Gasteiger charge is -1.94. The zero-order valence-electron chi connectivity index (χ0n) is 7.62. The molecule has 0 N–H and O–H groups in total. The molecule has 0 aliphatic carbocycles. The number of rotatable bonds is 2. The van der Waals surface area contributed by atoms with Crippen LogP contribution in [-0.2, 0) is 7.05 Å². The van der Waals surface area contributed by atoms with Gasteiger partial charge in [0, 0.05) is 6.20 Å². The maximum atomic E-state index is 4.17. The van der Waals surface area contributed by atoms with E-state index in [2.05, 4.69) is 32.0 Å². The highest BCUT2D eigenvalue weighted by molar-refractivity contribution is 5.49.